The third-order valence-electron chi connectivity index (χ3n) is 3.41. The van der Waals surface area contributed by atoms with Crippen molar-refractivity contribution in [1.29, 1.82) is 0 Å². The van der Waals surface area contributed by atoms with Crippen LogP contribution in [0.25, 0.3) is 0 Å². The molecule has 0 aromatic heterocycles. The number of rotatable bonds is 4. The molecule has 9 heteroatoms. The van der Waals surface area contributed by atoms with Gasteiger partial charge in [-0.2, -0.15) is 0 Å². The molecule has 0 N–H and O–H groups in total. The van der Waals surface area contributed by atoms with Crippen LogP contribution in [0.1, 0.15) is 0 Å². The Morgan fingerprint density at radius 2 is 1.77 bits per heavy atom. The zero-order valence-corrected chi connectivity index (χ0v) is 13.2. The number of carbonyl (C=O) groups is 1. The molecule has 2 aliphatic rings. The van der Waals surface area contributed by atoms with Crippen molar-refractivity contribution >= 4 is 27.5 Å². The Labute approximate surface area is 132 Å². The standard InChI is InChI=1S/C13H14ClNO6S/c14-9-7-10-11(20-5-4-19-10)8-12(9)22(17,18)6-2-15-1-3-21-13(15)16/h7-8H,1-6H2. The normalized spacial score (nSPS) is 17.5. The van der Waals surface area contributed by atoms with E-state index in [2.05, 4.69) is 0 Å². The van der Waals surface area contributed by atoms with Gasteiger partial charge in [-0.15, -0.1) is 0 Å². The molecule has 0 radical (unpaired) electrons. The first-order chi connectivity index (χ1) is 10.5. The summed E-state index contributed by atoms with van der Waals surface area (Å²) >= 11 is 6.05. The summed E-state index contributed by atoms with van der Waals surface area (Å²) in [6.45, 7) is 1.49. The van der Waals surface area contributed by atoms with Gasteiger partial charge in [0.05, 0.1) is 22.2 Å². The van der Waals surface area contributed by atoms with Gasteiger partial charge in [0.1, 0.15) is 19.8 Å². The maximum atomic E-state index is 12.4. The first-order valence-corrected chi connectivity index (χ1v) is 8.74. The van der Waals surface area contributed by atoms with Gasteiger partial charge in [0.2, 0.25) is 0 Å². The van der Waals surface area contributed by atoms with Gasteiger partial charge >= 0.3 is 6.09 Å². The molecule has 0 aliphatic carbocycles. The molecule has 1 saturated heterocycles. The molecule has 120 valence electrons. The van der Waals surface area contributed by atoms with Gasteiger partial charge in [-0.1, -0.05) is 11.6 Å². The molecule has 2 heterocycles. The van der Waals surface area contributed by atoms with Crippen molar-refractivity contribution in [3.8, 4) is 11.5 Å². The molecule has 1 aromatic carbocycles. The van der Waals surface area contributed by atoms with Crippen LogP contribution in [0, 0.1) is 0 Å². The summed E-state index contributed by atoms with van der Waals surface area (Å²) in [5.41, 5.74) is 0. The number of nitrogens with zero attached hydrogens (tertiary/aromatic N) is 1. The van der Waals surface area contributed by atoms with Crippen LogP contribution >= 0.6 is 11.6 Å². The van der Waals surface area contributed by atoms with Gasteiger partial charge in [0.25, 0.3) is 0 Å². The average Bonchev–Trinajstić information content (AvgIpc) is 2.90. The second-order valence-electron chi connectivity index (χ2n) is 4.85. The highest BCUT2D eigenvalue weighted by atomic mass is 35.5. The van der Waals surface area contributed by atoms with Crippen LogP contribution in [0.5, 0.6) is 11.5 Å². The first kappa shape index (κ1) is 15.2. The Hall–Kier alpha value is -1.67. The van der Waals surface area contributed by atoms with E-state index in [0.29, 0.717) is 31.3 Å². The lowest BCUT2D eigenvalue weighted by atomic mass is 10.3. The van der Waals surface area contributed by atoms with Gasteiger partial charge in [0, 0.05) is 18.7 Å². The number of halogens is 1. The summed E-state index contributed by atoms with van der Waals surface area (Å²) in [6, 6.07) is 2.81. The minimum atomic E-state index is -3.65. The Morgan fingerprint density at radius 3 is 2.41 bits per heavy atom. The minimum Gasteiger partial charge on any atom is -0.486 e. The lowest BCUT2D eigenvalue weighted by molar-refractivity contribution is 0.160. The fourth-order valence-corrected chi connectivity index (χ4v) is 4.08. The number of ether oxygens (including phenoxy) is 3. The zero-order chi connectivity index (χ0) is 15.7. The Bertz CT molecular complexity index is 705. The highest BCUT2D eigenvalue weighted by Gasteiger charge is 2.27. The lowest BCUT2D eigenvalue weighted by Gasteiger charge is -2.20. The fourth-order valence-electron chi connectivity index (χ4n) is 2.25. The maximum Gasteiger partial charge on any atom is 0.409 e. The number of sulfone groups is 1. The number of hydrogen-bond donors (Lipinski definition) is 0. The lowest BCUT2D eigenvalue weighted by Crippen LogP contribution is -2.30. The number of hydrogen-bond acceptors (Lipinski definition) is 6. The monoisotopic (exact) mass is 347 g/mol. The van der Waals surface area contributed by atoms with E-state index >= 15 is 0 Å². The molecule has 1 aromatic rings. The zero-order valence-electron chi connectivity index (χ0n) is 11.6. The van der Waals surface area contributed by atoms with E-state index in [1.807, 2.05) is 0 Å². The van der Waals surface area contributed by atoms with Crippen molar-refractivity contribution < 1.29 is 27.4 Å². The van der Waals surface area contributed by atoms with Gasteiger partial charge in [0.15, 0.2) is 21.3 Å². The topological polar surface area (TPSA) is 82.1 Å². The molecular weight excluding hydrogens is 334 g/mol. The van der Waals surface area contributed by atoms with Crippen molar-refractivity contribution in [1.82, 2.24) is 4.90 Å². The summed E-state index contributed by atoms with van der Waals surface area (Å²) in [4.78, 5) is 12.7. The van der Waals surface area contributed by atoms with Gasteiger partial charge in [-0.3, -0.25) is 0 Å². The molecule has 3 rings (SSSR count). The van der Waals surface area contributed by atoms with Crippen LogP contribution in [-0.2, 0) is 14.6 Å². The highest BCUT2D eigenvalue weighted by Crippen LogP contribution is 2.37. The Kier molecular flexibility index (Phi) is 4.05. The number of fused-ring (bicyclic) bond motifs is 1. The van der Waals surface area contributed by atoms with Crippen LogP contribution < -0.4 is 9.47 Å². The second kappa shape index (κ2) is 5.85. The molecule has 1 amide bonds. The van der Waals surface area contributed by atoms with Crippen LogP contribution in [0.4, 0.5) is 4.79 Å². The summed E-state index contributed by atoms with van der Waals surface area (Å²) in [5.74, 6) is 0.551. The molecular formula is C13H14ClNO6S. The third-order valence-corrected chi connectivity index (χ3v) is 5.56. The van der Waals surface area contributed by atoms with Crippen LogP contribution in [-0.4, -0.2) is 58.1 Å². The predicted molar refractivity (Wildman–Crippen MR) is 77.4 cm³/mol. The van der Waals surface area contributed by atoms with E-state index in [0.717, 1.165) is 0 Å². The smallest absolute Gasteiger partial charge is 0.409 e. The fraction of sp³-hybridized carbons (Fsp3) is 0.462. The Balaban J connectivity index is 1.81. The van der Waals surface area contributed by atoms with Crippen molar-refractivity contribution in [2.24, 2.45) is 0 Å². The van der Waals surface area contributed by atoms with Crippen molar-refractivity contribution in [3.63, 3.8) is 0 Å². The van der Waals surface area contributed by atoms with E-state index in [9.17, 15) is 13.2 Å². The molecule has 2 aliphatic heterocycles. The number of benzene rings is 1. The highest BCUT2D eigenvalue weighted by molar-refractivity contribution is 7.91. The molecule has 7 nitrogen and oxygen atoms in total. The Morgan fingerprint density at radius 1 is 1.09 bits per heavy atom. The van der Waals surface area contributed by atoms with E-state index in [-0.39, 0.29) is 28.8 Å². The van der Waals surface area contributed by atoms with Crippen LogP contribution in [0.15, 0.2) is 17.0 Å². The minimum absolute atomic E-state index is 0.0222. The van der Waals surface area contributed by atoms with Crippen molar-refractivity contribution in [2.45, 2.75) is 4.90 Å². The van der Waals surface area contributed by atoms with Gasteiger partial charge in [-0.25, -0.2) is 13.2 Å². The molecule has 22 heavy (non-hydrogen) atoms. The molecule has 0 bridgehead atoms. The van der Waals surface area contributed by atoms with E-state index in [1.54, 1.807) is 0 Å². The quantitative estimate of drug-likeness (QED) is 0.817. The molecule has 0 spiro atoms. The number of amides is 1. The van der Waals surface area contributed by atoms with Crippen molar-refractivity contribution in [3.05, 3.63) is 17.2 Å². The molecule has 0 unspecified atom stereocenters. The third kappa shape index (κ3) is 2.93. The van der Waals surface area contributed by atoms with E-state index < -0.39 is 15.9 Å². The average molecular weight is 348 g/mol. The van der Waals surface area contributed by atoms with E-state index in [1.165, 1.54) is 17.0 Å². The number of carbonyl (C=O) groups excluding carboxylic acids is 1. The predicted octanol–water partition coefficient (Wildman–Crippen LogP) is 1.34. The summed E-state index contributed by atoms with van der Waals surface area (Å²) in [6.07, 6.45) is -0.497. The number of cyclic esters (lactones) is 1. The maximum absolute atomic E-state index is 12.4. The SMILES string of the molecule is O=C1OCCN1CCS(=O)(=O)c1cc2c(cc1Cl)OCCO2. The van der Waals surface area contributed by atoms with Crippen molar-refractivity contribution in [2.75, 3.05) is 38.7 Å². The summed E-state index contributed by atoms with van der Waals surface area (Å²) in [5, 5.41) is 0.0771. The largest absolute Gasteiger partial charge is 0.486 e. The van der Waals surface area contributed by atoms with Crippen LogP contribution in [0.2, 0.25) is 5.02 Å². The molecule has 0 atom stereocenters. The second-order valence-corrected chi connectivity index (χ2v) is 7.33. The van der Waals surface area contributed by atoms with Gasteiger partial charge < -0.3 is 19.1 Å². The van der Waals surface area contributed by atoms with Crippen LogP contribution in [0.3, 0.4) is 0 Å². The summed E-state index contributed by atoms with van der Waals surface area (Å²) in [7, 11) is -3.65. The van der Waals surface area contributed by atoms with Gasteiger partial charge in [-0.05, 0) is 0 Å². The van der Waals surface area contributed by atoms with E-state index in [4.69, 9.17) is 25.8 Å². The molecule has 0 saturated carbocycles. The summed E-state index contributed by atoms with van der Waals surface area (Å²) < 4.78 is 40.4. The first-order valence-electron chi connectivity index (χ1n) is 6.71. The molecule has 1 fully saturated rings.